The molecule has 0 fully saturated rings. The quantitative estimate of drug-likeness (QED) is 0.314. The summed E-state index contributed by atoms with van der Waals surface area (Å²) in [6.45, 7) is 10.2. The van der Waals surface area contributed by atoms with Crippen molar-refractivity contribution in [3.63, 3.8) is 0 Å². The number of nitrogens with zero attached hydrogens (tertiary/aromatic N) is 4. The Morgan fingerprint density at radius 1 is 1.03 bits per heavy atom. The maximum atomic E-state index is 5.00. The van der Waals surface area contributed by atoms with Gasteiger partial charge in [-0.3, -0.25) is 0 Å². The summed E-state index contributed by atoms with van der Waals surface area (Å²) in [7, 11) is 0. The molecule has 4 nitrogen and oxygen atoms in total. The zero-order valence-electron chi connectivity index (χ0n) is 17.9. The molecule has 0 spiro atoms. The van der Waals surface area contributed by atoms with E-state index in [0.717, 1.165) is 45.9 Å². The van der Waals surface area contributed by atoms with Gasteiger partial charge < -0.3 is 9.47 Å². The number of hydrogen-bond acceptors (Lipinski definition) is 3. The van der Waals surface area contributed by atoms with Gasteiger partial charge in [0.05, 0.1) is 11.4 Å². The van der Waals surface area contributed by atoms with Crippen LogP contribution in [0.3, 0.4) is 0 Å². The highest BCUT2D eigenvalue weighted by molar-refractivity contribution is 9.10. The molecule has 0 bridgehead atoms. The molecule has 4 rings (SSSR count). The Morgan fingerprint density at radius 2 is 1.80 bits per heavy atom. The van der Waals surface area contributed by atoms with Crippen molar-refractivity contribution in [3.8, 4) is 0 Å². The molecule has 30 heavy (non-hydrogen) atoms. The van der Waals surface area contributed by atoms with E-state index in [-0.39, 0.29) is 0 Å². The number of anilines is 2. The minimum atomic E-state index is 0.488. The predicted molar refractivity (Wildman–Crippen MR) is 129 cm³/mol. The average Bonchev–Trinajstić information content (AvgIpc) is 3.13. The molecule has 0 atom stereocenters. The van der Waals surface area contributed by atoms with Crippen LogP contribution in [-0.4, -0.2) is 21.1 Å². The van der Waals surface area contributed by atoms with Crippen LogP contribution in [0.2, 0.25) is 0 Å². The van der Waals surface area contributed by atoms with Crippen molar-refractivity contribution in [2.75, 3.05) is 11.4 Å². The van der Waals surface area contributed by atoms with Crippen molar-refractivity contribution in [2.24, 2.45) is 0 Å². The van der Waals surface area contributed by atoms with Gasteiger partial charge in [0.1, 0.15) is 5.65 Å². The van der Waals surface area contributed by atoms with Crippen LogP contribution in [0, 0.1) is 6.92 Å². The van der Waals surface area contributed by atoms with Gasteiger partial charge in [-0.05, 0) is 65.0 Å². The van der Waals surface area contributed by atoms with E-state index in [9.17, 15) is 0 Å². The molecule has 0 saturated heterocycles. The van der Waals surface area contributed by atoms with Gasteiger partial charge >= 0.3 is 0 Å². The Balaban J connectivity index is 1.77. The Morgan fingerprint density at radius 3 is 2.47 bits per heavy atom. The maximum Gasteiger partial charge on any atom is 0.232 e. The second-order valence-electron chi connectivity index (χ2n) is 7.89. The average molecular weight is 463 g/mol. The normalized spacial score (nSPS) is 11.4. The number of benzene rings is 2. The smallest absolute Gasteiger partial charge is 0.232 e. The number of rotatable bonds is 6. The molecule has 0 saturated carbocycles. The standard InChI is InChI=1S/C25H27BrN4/c1-5-30(23-12-11-20(17(2)3)15-22(23)26)25-27-18(4)21-13-14-29(24(21)28-25)16-19-9-7-6-8-10-19/h6-15,17H,5,16H2,1-4H3. The van der Waals surface area contributed by atoms with Gasteiger partial charge in [0.15, 0.2) is 0 Å². The SMILES string of the molecule is CCN(c1nc(C)c2ccn(Cc3ccccc3)c2n1)c1ccc(C(C)C)cc1Br. The Bertz CT molecular complexity index is 1160. The van der Waals surface area contributed by atoms with Crippen LogP contribution >= 0.6 is 15.9 Å². The van der Waals surface area contributed by atoms with Crippen molar-refractivity contribution in [1.82, 2.24) is 14.5 Å². The van der Waals surface area contributed by atoms with E-state index in [1.165, 1.54) is 11.1 Å². The second-order valence-corrected chi connectivity index (χ2v) is 8.74. The molecular weight excluding hydrogens is 436 g/mol. The molecule has 0 aliphatic heterocycles. The van der Waals surface area contributed by atoms with Gasteiger partial charge in [-0.2, -0.15) is 4.98 Å². The molecular formula is C25H27BrN4. The molecule has 4 aromatic rings. The van der Waals surface area contributed by atoms with Crippen molar-refractivity contribution < 1.29 is 0 Å². The summed E-state index contributed by atoms with van der Waals surface area (Å²) in [5.41, 5.74) is 5.62. The molecule has 0 unspecified atom stereocenters. The monoisotopic (exact) mass is 462 g/mol. The fraction of sp³-hybridized carbons (Fsp3) is 0.280. The summed E-state index contributed by atoms with van der Waals surface area (Å²) in [4.78, 5) is 12.0. The van der Waals surface area contributed by atoms with Crippen molar-refractivity contribution in [1.29, 1.82) is 0 Å². The number of hydrogen-bond donors (Lipinski definition) is 0. The highest BCUT2D eigenvalue weighted by Gasteiger charge is 2.18. The minimum Gasteiger partial charge on any atom is -0.328 e. The molecule has 5 heteroatoms. The molecule has 0 amide bonds. The van der Waals surface area contributed by atoms with Gasteiger partial charge in [-0.15, -0.1) is 0 Å². The summed E-state index contributed by atoms with van der Waals surface area (Å²) in [5, 5.41) is 1.10. The predicted octanol–water partition coefficient (Wildman–Crippen LogP) is 6.83. The molecule has 0 aliphatic carbocycles. The van der Waals surface area contributed by atoms with E-state index >= 15 is 0 Å². The number of fused-ring (bicyclic) bond motifs is 1. The molecule has 154 valence electrons. The second kappa shape index (κ2) is 8.60. The van der Waals surface area contributed by atoms with Gasteiger partial charge in [-0.1, -0.05) is 50.2 Å². The topological polar surface area (TPSA) is 34.0 Å². The number of aryl methyl sites for hydroxylation is 1. The molecule has 2 heterocycles. The van der Waals surface area contributed by atoms with Crippen molar-refractivity contribution in [2.45, 2.75) is 40.2 Å². The van der Waals surface area contributed by atoms with Gasteiger partial charge in [0.2, 0.25) is 5.95 Å². The van der Waals surface area contributed by atoms with E-state index < -0.39 is 0 Å². The molecule has 0 radical (unpaired) electrons. The highest BCUT2D eigenvalue weighted by atomic mass is 79.9. The lowest BCUT2D eigenvalue weighted by atomic mass is 10.0. The first-order valence-electron chi connectivity index (χ1n) is 10.4. The van der Waals surface area contributed by atoms with E-state index in [2.05, 4.69) is 108 Å². The fourth-order valence-electron chi connectivity index (χ4n) is 3.75. The zero-order valence-corrected chi connectivity index (χ0v) is 19.5. The van der Waals surface area contributed by atoms with E-state index in [0.29, 0.717) is 5.92 Å². The third-order valence-corrected chi connectivity index (χ3v) is 6.12. The van der Waals surface area contributed by atoms with Crippen LogP contribution in [-0.2, 0) is 6.54 Å². The molecule has 2 aromatic heterocycles. The lowest BCUT2D eigenvalue weighted by molar-refractivity contribution is 0.819. The first-order chi connectivity index (χ1) is 14.5. The van der Waals surface area contributed by atoms with Gasteiger partial charge in [0, 0.05) is 29.1 Å². The first kappa shape index (κ1) is 20.6. The van der Waals surface area contributed by atoms with E-state index in [1.54, 1.807) is 0 Å². The summed E-state index contributed by atoms with van der Waals surface area (Å²) in [5.74, 6) is 1.22. The van der Waals surface area contributed by atoms with Crippen LogP contribution in [0.15, 0.2) is 65.3 Å². The highest BCUT2D eigenvalue weighted by Crippen LogP contribution is 2.34. The van der Waals surface area contributed by atoms with Crippen molar-refractivity contribution >= 4 is 38.6 Å². The summed E-state index contributed by atoms with van der Waals surface area (Å²) in [6.07, 6.45) is 2.10. The van der Waals surface area contributed by atoms with Crippen molar-refractivity contribution in [3.05, 3.63) is 82.1 Å². The lowest BCUT2D eigenvalue weighted by Crippen LogP contribution is -2.20. The first-order valence-corrected chi connectivity index (χ1v) is 11.2. The van der Waals surface area contributed by atoms with E-state index in [4.69, 9.17) is 9.97 Å². The van der Waals surface area contributed by atoms with Crippen LogP contribution in [0.1, 0.15) is 43.5 Å². The van der Waals surface area contributed by atoms with Crippen LogP contribution in [0.5, 0.6) is 0 Å². The van der Waals surface area contributed by atoms with Crippen LogP contribution in [0.4, 0.5) is 11.6 Å². The molecule has 0 aliphatic rings. The van der Waals surface area contributed by atoms with Crippen LogP contribution in [0.25, 0.3) is 11.0 Å². The maximum absolute atomic E-state index is 5.00. The Hall–Kier alpha value is -2.66. The lowest BCUT2D eigenvalue weighted by Gasteiger charge is -2.23. The summed E-state index contributed by atoms with van der Waals surface area (Å²) in [6, 6.07) is 19.1. The Kier molecular flexibility index (Phi) is 5.91. The number of halogens is 1. The number of aromatic nitrogens is 3. The zero-order chi connectivity index (χ0) is 21.3. The van der Waals surface area contributed by atoms with Gasteiger partial charge in [-0.25, -0.2) is 4.98 Å². The fourth-order valence-corrected chi connectivity index (χ4v) is 4.36. The van der Waals surface area contributed by atoms with E-state index in [1.807, 2.05) is 6.07 Å². The molecule has 0 N–H and O–H groups in total. The third kappa shape index (κ3) is 3.99. The third-order valence-electron chi connectivity index (χ3n) is 5.48. The van der Waals surface area contributed by atoms with Crippen LogP contribution < -0.4 is 4.90 Å². The van der Waals surface area contributed by atoms with Gasteiger partial charge in [0.25, 0.3) is 0 Å². The minimum absolute atomic E-state index is 0.488. The largest absolute Gasteiger partial charge is 0.328 e. The summed E-state index contributed by atoms with van der Waals surface area (Å²) >= 11 is 3.77. The molecule has 2 aromatic carbocycles. The summed E-state index contributed by atoms with van der Waals surface area (Å²) < 4.78 is 3.27. The Labute approximate surface area is 186 Å².